The van der Waals surface area contributed by atoms with Crippen molar-refractivity contribution in [1.29, 1.82) is 0 Å². The molecule has 0 atom stereocenters. The standard InChI is InChI=1S/C10H10O6S.Na/c1-2-17(14,15)16-10(13)8-5-3-4-7(6-8)9(11)12;/h3-6H,2H2,1H3,(H,11,12);/q;+1/p-1. The van der Waals surface area contributed by atoms with E-state index in [9.17, 15) is 23.1 Å². The van der Waals surface area contributed by atoms with Gasteiger partial charge in [0.15, 0.2) is 0 Å². The maximum absolute atomic E-state index is 11.4. The molecule has 0 saturated carbocycles. The molecule has 0 N–H and O–H groups in total. The molecule has 1 rings (SSSR count). The van der Waals surface area contributed by atoms with E-state index in [1.54, 1.807) is 0 Å². The first-order valence-corrected chi connectivity index (χ1v) is 6.21. The third kappa shape index (κ3) is 4.77. The number of carboxylic acid groups (broad SMARTS) is 1. The Morgan fingerprint density at radius 2 is 1.83 bits per heavy atom. The van der Waals surface area contributed by atoms with Crippen molar-refractivity contribution in [2.45, 2.75) is 6.92 Å². The van der Waals surface area contributed by atoms with Gasteiger partial charge in [-0.15, -0.1) is 0 Å². The molecule has 0 aliphatic carbocycles. The van der Waals surface area contributed by atoms with Crippen molar-refractivity contribution in [3.8, 4) is 0 Å². The van der Waals surface area contributed by atoms with Crippen LogP contribution in [0, 0.1) is 0 Å². The van der Waals surface area contributed by atoms with Crippen LogP contribution in [0.5, 0.6) is 0 Å². The summed E-state index contributed by atoms with van der Waals surface area (Å²) in [6, 6.07) is 4.75. The van der Waals surface area contributed by atoms with E-state index in [-0.39, 0.29) is 46.4 Å². The normalized spacial score (nSPS) is 10.3. The number of rotatable bonds is 4. The molecule has 6 nitrogen and oxygen atoms in total. The molecule has 18 heavy (non-hydrogen) atoms. The van der Waals surface area contributed by atoms with Gasteiger partial charge in [0.2, 0.25) is 0 Å². The zero-order chi connectivity index (χ0) is 13.1. The average Bonchev–Trinajstić information content (AvgIpc) is 2.28. The molecule has 0 aromatic heterocycles. The van der Waals surface area contributed by atoms with Gasteiger partial charge >= 0.3 is 45.6 Å². The molecule has 0 saturated heterocycles. The quantitative estimate of drug-likeness (QED) is 0.420. The Morgan fingerprint density at radius 1 is 1.28 bits per heavy atom. The first-order chi connectivity index (χ1) is 7.85. The van der Waals surface area contributed by atoms with E-state index in [4.69, 9.17) is 0 Å². The van der Waals surface area contributed by atoms with Crippen molar-refractivity contribution < 1.29 is 56.9 Å². The van der Waals surface area contributed by atoms with Gasteiger partial charge in [0.25, 0.3) is 0 Å². The number of benzene rings is 1. The topological polar surface area (TPSA) is 101 Å². The van der Waals surface area contributed by atoms with Gasteiger partial charge in [0.1, 0.15) is 0 Å². The summed E-state index contributed by atoms with van der Waals surface area (Å²) in [4.78, 5) is 21.9. The molecule has 0 unspecified atom stereocenters. The van der Waals surface area contributed by atoms with Gasteiger partial charge in [-0.1, -0.05) is 12.1 Å². The Bertz CT molecular complexity index is 551. The molecule has 0 fully saturated rings. The summed E-state index contributed by atoms with van der Waals surface area (Å²) in [7, 11) is -3.91. The van der Waals surface area contributed by atoms with E-state index in [2.05, 4.69) is 4.18 Å². The van der Waals surface area contributed by atoms with E-state index < -0.39 is 22.1 Å². The third-order valence-electron chi connectivity index (χ3n) is 1.89. The van der Waals surface area contributed by atoms with Crippen LogP contribution in [0.1, 0.15) is 27.6 Å². The number of aromatic carboxylic acids is 1. The van der Waals surface area contributed by atoms with Crippen molar-refractivity contribution in [2.24, 2.45) is 0 Å². The fourth-order valence-corrected chi connectivity index (χ4v) is 1.44. The molecular formula is C10H9NaO6S. The number of hydrogen-bond donors (Lipinski definition) is 0. The maximum atomic E-state index is 11.4. The molecule has 0 aliphatic rings. The van der Waals surface area contributed by atoms with Gasteiger partial charge < -0.3 is 14.1 Å². The van der Waals surface area contributed by atoms with Crippen LogP contribution >= 0.6 is 0 Å². The number of carbonyl (C=O) groups is 2. The predicted octanol–water partition coefficient (Wildman–Crippen LogP) is -3.44. The average molecular weight is 280 g/mol. The molecule has 0 amide bonds. The maximum Gasteiger partial charge on any atom is 1.00 e. The minimum Gasteiger partial charge on any atom is -0.545 e. The van der Waals surface area contributed by atoms with Crippen molar-refractivity contribution in [1.82, 2.24) is 0 Å². The van der Waals surface area contributed by atoms with Crippen molar-refractivity contribution in [3.05, 3.63) is 35.4 Å². The van der Waals surface area contributed by atoms with Crippen molar-refractivity contribution >= 4 is 22.1 Å². The molecule has 0 radical (unpaired) electrons. The summed E-state index contributed by atoms with van der Waals surface area (Å²) < 4.78 is 26.3. The summed E-state index contributed by atoms with van der Waals surface area (Å²) in [6.07, 6.45) is 0. The van der Waals surface area contributed by atoms with Crippen LogP contribution in [0.4, 0.5) is 0 Å². The van der Waals surface area contributed by atoms with Crippen molar-refractivity contribution in [3.63, 3.8) is 0 Å². The molecule has 1 aromatic carbocycles. The number of carbonyl (C=O) groups excluding carboxylic acids is 2. The minimum atomic E-state index is -3.91. The van der Waals surface area contributed by atoms with Crippen molar-refractivity contribution in [2.75, 3.05) is 5.75 Å². The van der Waals surface area contributed by atoms with Gasteiger partial charge in [0.05, 0.1) is 17.3 Å². The number of carboxylic acids is 1. The van der Waals surface area contributed by atoms with E-state index in [1.165, 1.54) is 25.1 Å². The van der Waals surface area contributed by atoms with Gasteiger partial charge in [-0.3, -0.25) is 0 Å². The van der Waals surface area contributed by atoms with E-state index in [1.807, 2.05) is 0 Å². The molecule has 8 heteroatoms. The monoisotopic (exact) mass is 280 g/mol. The van der Waals surface area contributed by atoms with Gasteiger partial charge in [-0.05, 0) is 24.6 Å². The first kappa shape index (κ1) is 17.1. The summed E-state index contributed by atoms with van der Waals surface area (Å²) in [5, 5.41) is 10.5. The zero-order valence-electron chi connectivity index (χ0n) is 9.87. The Hall–Kier alpha value is -0.890. The Morgan fingerprint density at radius 3 is 2.33 bits per heavy atom. The molecule has 0 spiro atoms. The second-order valence-electron chi connectivity index (χ2n) is 3.09. The molecule has 0 aliphatic heterocycles. The van der Waals surface area contributed by atoms with Crippen LogP contribution in [0.2, 0.25) is 0 Å². The molecular weight excluding hydrogens is 271 g/mol. The van der Waals surface area contributed by atoms with E-state index in [0.717, 1.165) is 6.07 Å². The van der Waals surface area contributed by atoms with Gasteiger partial charge in [0, 0.05) is 0 Å². The van der Waals surface area contributed by atoms with Crippen LogP contribution in [-0.4, -0.2) is 26.1 Å². The van der Waals surface area contributed by atoms with Crippen LogP contribution in [0.15, 0.2) is 24.3 Å². The summed E-state index contributed by atoms with van der Waals surface area (Å²) >= 11 is 0. The second-order valence-corrected chi connectivity index (χ2v) is 4.94. The Kier molecular flexibility index (Phi) is 6.55. The third-order valence-corrected chi connectivity index (χ3v) is 3.00. The smallest absolute Gasteiger partial charge is 0.545 e. The summed E-state index contributed by atoms with van der Waals surface area (Å²) in [6.45, 7) is 1.32. The largest absolute Gasteiger partial charge is 1.00 e. The number of hydrogen-bond acceptors (Lipinski definition) is 6. The van der Waals surface area contributed by atoms with Crippen LogP contribution in [0.25, 0.3) is 0 Å². The second kappa shape index (κ2) is 6.89. The molecule has 1 aromatic rings. The van der Waals surface area contributed by atoms with Crippen LogP contribution in [0.3, 0.4) is 0 Å². The van der Waals surface area contributed by atoms with Crippen LogP contribution in [-0.2, 0) is 14.3 Å². The van der Waals surface area contributed by atoms with E-state index in [0.29, 0.717) is 0 Å². The molecule has 0 bridgehead atoms. The fourth-order valence-electron chi connectivity index (χ4n) is 0.995. The summed E-state index contributed by atoms with van der Waals surface area (Å²) in [5.41, 5.74) is -0.392. The SMILES string of the molecule is CCS(=O)(=O)OC(=O)c1cccc(C(=O)[O-])c1.[Na+]. The first-order valence-electron chi connectivity index (χ1n) is 4.63. The fraction of sp³-hybridized carbons (Fsp3) is 0.200. The van der Waals surface area contributed by atoms with Crippen LogP contribution < -0.4 is 34.7 Å². The minimum absolute atomic E-state index is 0. The zero-order valence-corrected chi connectivity index (χ0v) is 12.7. The van der Waals surface area contributed by atoms with Gasteiger partial charge in [-0.2, -0.15) is 8.42 Å². The molecule has 0 heterocycles. The predicted molar refractivity (Wildman–Crippen MR) is 55.6 cm³/mol. The summed E-state index contributed by atoms with van der Waals surface area (Å²) in [5.74, 6) is -2.92. The Labute approximate surface area is 126 Å². The van der Waals surface area contributed by atoms with Gasteiger partial charge in [-0.25, -0.2) is 4.79 Å². The Balaban J connectivity index is 0.00000289. The van der Waals surface area contributed by atoms with E-state index >= 15 is 0 Å². The molecule has 92 valence electrons.